The van der Waals surface area contributed by atoms with Crippen molar-refractivity contribution in [1.29, 1.82) is 0 Å². The number of hydrogen-bond acceptors (Lipinski definition) is 1. The van der Waals surface area contributed by atoms with E-state index in [2.05, 4.69) is 0 Å². The van der Waals surface area contributed by atoms with Crippen LogP contribution in [0.1, 0.15) is 5.56 Å². The van der Waals surface area contributed by atoms with E-state index >= 15 is 0 Å². The summed E-state index contributed by atoms with van der Waals surface area (Å²) in [5.41, 5.74) is 3.08. The summed E-state index contributed by atoms with van der Waals surface area (Å²) >= 11 is 6.04. The first-order chi connectivity index (χ1) is 9.58. The van der Waals surface area contributed by atoms with Gasteiger partial charge >= 0.3 is 0 Å². The first-order valence-electron chi connectivity index (χ1n) is 6.32. The Labute approximate surface area is 124 Å². The lowest BCUT2D eigenvalue weighted by Crippen LogP contribution is -2.18. The molecule has 1 amide bonds. The Bertz CT molecular complexity index is 647. The van der Waals surface area contributed by atoms with E-state index in [9.17, 15) is 4.79 Å². The van der Waals surface area contributed by atoms with Crippen LogP contribution in [0, 0.1) is 0 Å². The van der Waals surface area contributed by atoms with E-state index in [-0.39, 0.29) is 5.91 Å². The molecule has 0 aromatic heterocycles. The molecule has 20 heavy (non-hydrogen) atoms. The largest absolute Gasteiger partial charge is 0.345 e. The van der Waals surface area contributed by atoms with Crippen molar-refractivity contribution in [2.75, 3.05) is 14.1 Å². The molecule has 2 nitrogen and oxygen atoms in total. The molecule has 0 aliphatic carbocycles. The van der Waals surface area contributed by atoms with Gasteiger partial charge in [0.05, 0.1) is 0 Å². The third kappa shape index (κ3) is 3.49. The SMILES string of the molecule is CN(C)C(=O)/C=C/c1ccccc1-c1cccc(Cl)c1. The Morgan fingerprint density at radius 3 is 2.55 bits per heavy atom. The van der Waals surface area contributed by atoms with Gasteiger partial charge in [0.25, 0.3) is 0 Å². The first kappa shape index (κ1) is 14.4. The van der Waals surface area contributed by atoms with Gasteiger partial charge in [-0.1, -0.05) is 48.0 Å². The van der Waals surface area contributed by atoms with Crippen molar-refractivity contribution in [3.8, 4) is 11.1 Å². The van der Waals surface area contributed by atoms with Crippen molar-refractivity contribution in [2.24, 2.45) is 0 Å². The molecule has 0 spiro atoms. The molecule has 0 fully saturated rings. The summed E-state index contributed by atoms with van der Waals surface area (Å²) < 4.78 is 0. The summed E-state index contributed by atoms with van der Waals surface area (Å²) in [5, 5.41) is 0.700. The number of hydrogen-bond donors (Lipinski definition) is 0. The van der Waals surface area contributed by atoms with Crippen LogP contribution in [0.25, 0.3) is 17.2 Å². The van der Waals surface area contributed by atoms with E-state index in [0.29, 0.717) is 5.02 Å². The zero-order valence-electron chi connectivity index (χ0n) is 11.5. The molecule has 0 atom stereocenters. The van der Waals surface area contributed by atoms with Gasteiger partial charge in [-0.3, -0.25) is 4.79 Å². The molecule has 0 heterocycles. The normalized spacial score (nSPS) is 10.8. The van der Waals surface area contributed by atoms with Gasteiger partial charge < -0.3 is 4.90 Å². The predicted molar refractivity (Wildman–Crippen MR) is 84.6 cm³/mol. The minimum absolute atomic E-state index is 0.0362. The average Bonchev–Trinajstić information content (AvgIpc) is 2.45. The van der Waals surface area contributed by atoms with E-state index in [4.69, 9.17) is 11.6 Å². The second-order valence-electron chi connectivity index (χ2n) is 4.66. The molecule has 2 aromatic carbocycles. The van der Waals surface area contributed by atoms with E-state index in [1.807, 2.05) is 54.6 Å². The second-order valence-corrected chi connectivity index (χ2v) is 5.10. The molecular formula is C17H16ClNO. The monoisotopic (exact) mass is 285 g/mol. The zero-order chi connectivity index (χ0) is 14.5. The number of benzene rings is 2. The average molecular weight is 286 g/mol. The maximum atomic E-state index is 11.6. The molecule has 0 bridgehead atoms. The highest BCUT2D eigenvalue weighted by Gasteiger charge is 2.04. The van der Waals surface area contributed by atoms with Crippen molar-refractivity contribution in [1.82, 2.24) is 4.90 Å². The minimum atomic E-state index is -0.0362. The van der Waals surface area contributed by atoms with Crippen LogP contribution in [-0.2, 0) is 4.79 Å². The van der Waals surface area contributed by atoms with Crippen LogP contribution in [0.4, 0.5) is 0 Å². The number of rotatable bonds is 3. The molecule has 0 unspecified atom stereocenters. The zero-order valence-corrected chi connectivity index (χ0v) is 12.3. The van der Waals surface area contributed by atoms with Crippen LogP contribution in [-0.4, -0.2) is 24.9 Å². The molecular weight excluding hydrogens is 270 g/mol. The number of halogens is 1. The van der Waals surface area contributed by atoms with Crippen LogP contribution in [0.5, 0.6) is 0 Å². The van der Waals surface area contributed by atoms with Crippen LogP contribution < -0.4 is 0 Å². The van der Waals surface area contributed by atoms with Gasteiger partial charge in [0.15, 0.2) is 0 Å². The molecule has 0 aliphatic rings. The van der Waals surface area contributed by atoms with Gasteiger partial charge in [0.2, 0.25) is 5.91 Å². The fourth-order valence-electron chi connectivity index (χ4n) is 1.87. The fraction of sp³-hybridized carbons (Fsp3) is 0.118. The fourth-order valence-corrected chi connectivity index (χ4v) is 2.06. The van der Waals surface area contributed by atoms with E-state index in [1.54, 1.807) is 25.1 Å². The van der Waals surface area contributed by atoms with Gasteiger partial charge in [-0.05, 0) is 34.9 Å². The number of carbonyl (C=O) groups excluding carboxylic acids is 1. The van der Waals surface area contributed by atoms with E-state index in [1.165, 1.54) is 0 Å². The van der Waals surface area contributed by atoms with Crippen molar-refractivity contribution < 1.29 is 4.79 Å². The summed E-state index contributed by atoms with van der Waals surface area (Å²) in [5.74, 6) is -0.0362. The Morgan fingerprint density at radius 1 is 1.10 bits per heavy atom. The molecule has 0 radical (unpaired) electrons. The van der Waals surface area contributed by atoms with Crippen LogP contribution in [0.3, 0.4) is 0 Å². The molecule has 0 aliphatic heterocycles. The number of nitrogens with zero attached hydrogens (tertiary/aromatic N) is 1. The molecule has 0 saturated heterocycles. The highest BCUT2D eigenvalue weighted by Crippen LogP contribution is 2.26. The summed E-state index contributed by atoms with van der Waals surface area (Å²) in [6.07, 6.45) is 3.40. The van der Waals surface area contributed by atoms with Crippen LogP contribution in [0.15, 0.2) is 54.6 Å². The highest BCUT2D eigenvalue weighted by molar-refractivity contribution is 6.30. The Morgan fingerprint density at radius 2 is 1.85 bits per heavy atom. The molecule has 0 saturated carbocycles. The summed E-state index contributed by atoms with van der Waals surface area (Å²) in [7, 11) is 3.46. The molecule has 2 aromatic rings. The van der Waals surface area contributed by atoms with Crippen molar-refractivity contribution in [3.05, 3.63) is 65.2 Å². The molecule has 3 heteroatoms. The van der Waals surface area contributed by atoms with Gasteiger partial charge in [-0.2, -0.15) is 0 Å². The minimum Gasteiger partial charge on any atom is -0.345 e. The van der Waals surface area contributed by atoms with Gasteiger partial charge in [-0.25, -0.2) is 0 Å². The van der Waals surface area contributed by atoms with Crippen LogP contribution >= 0.6 is 11.6 Å². The first-order valence-corrected chi connectivity index (χ1v) is 6.70. The van der Waals surface area contributed by atoms with E-state index in [0.717, 1.165) is 16.7 Å². The lowest BCUT2D eigenvalue weighted by molar-refractivity contribution is -0.123. The van der Waals surface area contributed by atoms with Gasteiger partial charge in [0.1, 0.15) is 0 Å². The highest BCUT2D eigenvalue weighted by atomic mass is 35.5. The van der Waals surface area contributed by atoms with Crippen molar-refractivity contribution in [3.63, 3.8) is 0 Å². The summed E-state index contributed by atoms with van der Waals surface area (Å²) in [4.78, 5) is 13.2. The van der Waals surface area contributed by atoms with Gasteiger partial charge in [0, 0.05) is 25.2 Å². The second kappa shape index (κ2) is 6.40. The molecule has 102 valence electrons. The lowest BCUT2D eigenvalue weighted by atomic mass is 9.99. The Kier molecular flexibility index (Phi) is 4.59. The number of likely N-dealkylation sites (N-methyl/N-ethyl adjacent to an activating group) is 1. The number of amides is 1. The standard InChI is InChI=1S/C17H16ClNO/c1-19(2)17(20)11-10-13-6-3-4-9-16(13)14-7-5-8-15(18)12-14/h3-12H,1-2H3/b11-10+. The van der Waals surface area contributed by atoms with E-state index < -0.39 is 0 Å². The third-order valence-corrected chi connectivity index (χ3v) is 3.18. The quantitative estimate of drug-likeness (QED) is 0.777. The number of carbonyl (C=O) groups is 1. The summed E-state index contributed by atoms with van der Waals surface area (Å²) in [6.45, 7) is 0. The molecule has 0 N–H and O–H groups in total. The Hall–Kier alpha value is -2.06. The smallest absolute Gasteiger partial charge is 0.246 e. The third-order valence-electron chi connectivity index (χ3n) is 2.94. The predicted octanol–water partition coefficient (Wildman–Crippen LogP) is 4.11. The summed E-state index contributed by atoms with van der Waals surface area (Å²) in [6, 6.07) is 15.6. The van der Waals surface area contributed by atoms with Gasteiger partial charge in [-0.15, -0.1) is 0 Å². The Balaban J connectivity index is 2.39. The van der Waals surface area contributed by atoms with Crippen LogP contribution in [0.2, 0.25) is 5.02 Å². The van der Waals surface area contributed by atoms with Crippen molar-refractivity contribution in [2.45, 2.75) is 0 Å². The van der Waals surface area contributed by atoms with Crippen molar-refractivity contribution >= 4 is 23.6 Å². The lowest BCUT2D eigenvalue weighted by Gasteiger charge is -2.08. The maximum absolute atomic E-state index is 11.6. The topological polar surface area (TPSA) is 20.3 Å². The maximum Gasteiger partial charge on any atom is 0.246 e. The molecule has 2 rings (SSSR count).